The van der Waals surface area contributed by atoms with Crippen LogP contribution in [-0.2, 0) is 0 Å². The zero-order chi connectivity index (χ0) is 23.8. The minimum atomic E-state index is -1.72. The van der Waals surface area contributed by atoms with E-state index in [0.717, 1.165) is 0 Å². The second kappa shape index (κ2) is 22.4. The van der Waals surface area contributed by atoms with Crippen molar-refractivity contribution < 1.29 is 0 Å². The van der Waals surface area contributed by atoms with Crippen molar-refractivity contribution in [3.63, 3.8) is 0 Å². The average Bonchev–Trinajstić information content (AvgIpc) is 2.79. The third-order valence-corrected chi connectivity index (χ3v) is 17.8. The summed E-state index contributed by atoms with van der Waals surface area (Å²) in [5.41, 5.74) is 0. The molecule has 0 aromatic heterocycles. The van der Waals surface area contributed by atoms with Crippen LogP contribution in [0.25, 0.3) is 0 Å². The van der Waals surface area contributed by atoms with Crippen LogP contribution in [0.15, 0.2) is 0 Å². The van der Waals surface area contributed by atoms with Gasteiger partial charge < -0.3 is 0 Å². The number of halogens is 1. The van der Waals surface area contributed by atoms with Crippen molar-refractivity contribution in [1.29, 1.82) is 0 Å². The van der Waals surface area contributed by atoms with Gasteiger partial charge in [-0.25, -0.2) is 0 Å². The van der Waals surface area contributed by atoms with Gasteiger partial charge in [0.05, 0.1) is 0 Å². The first-order valence-corrected chi connectivity index (χ1v) is 20.3. The standard InChI is InChI=1S/C30H64BrP/c1-5-9-13-17-18-19-20-21-22-26-30-32(31,27-23-14-10-6-2,28-24-15-11-7-3)29-25-16-12-8-4/h5-30H2,1-4H3. The van der Waals surface area contributed by atoms with Gasteiger partial charge in [0, 0.05) is 0 Å². The van der Waals surface area contributed by atoms with Gasteiger partial charge in [-0.1, -0.05) is 0 Å². The first-order valence-electron chi connectivity index (χ1n) is 15.3. The molecule has 0 aliphatic carbocycles. The molecule has 0 aromatic carbocycles. The summed E-state index contributed by atoms with van der Waals surface area (Å²) in [5.74, 6) is 0. The molecule has 0 radical (unpaired) electrons. The van der Waals surface area contributed by atoms with Gasteiger partial charge in [0.2, 0.25) is 0 Å². The molecule has 0 nitrogen and oxygen atoms in total. The van der Waals surface area contributed by atoms with Gasteiger partial charge in [-0.15, -0.1) is 0 Å². The van der Waals surface area contributed by atoms with Gasteiger partial charge in [0.15, 0.2) is 0 Å². The molecule has 0 heterocycles. The van der Waals surface area contributed by atoms with Gasteiger partial charge in [-0.3, -0.25) is 0 Å². The van der Waals surface area contributed by atoms with Gasteiger partial charge in [-0.05, 0) is 0 Å². The third kappa shape index (κ3) is 18.3. The Kier molecular flexibility index (Phi) is 23.0. The number of hydrogen-bond acceptors (Lipinski definition) is 0. The van der Waals surface area contributed by atoms with Crippen LogP contribution in [0.2, 0.25) is 0 Å². The predicted molar refractivity (Wildman–Crippen MR) is 160 cm³/mol. The molecule has 0 atom stereocenters. The average molecular weight is 536 g/mol. The Balaban J connectivity index is 4.70. The van der Waals surface area contributed by atoms with Crippen LogP contribution in [0, 0.1) is 0 Å². The summed E-state index contributed by atoms with van der Waals surface area (Å²) < 4.78 is 0. The molecule has 196 valence electrons. The zero-order valence-corrected chi connectivity index (χ0v) is 25.7. The molecular weight excluding hydrogens is 471 g/mol. The van der Waals surface area contributed by atoms with E-state index in [1.807, 2.05) is 0 Å². The Labute approximate surface area is 213 Å². The van der Waals surface area contributed by atoms with Crippen molar-refractivity contribution in [2.24, 2.45) is 0 Å². The monoisotopic (exact) mass is 534 g/mol. The summed E-state index contributed by atoms with van der Waals surface area (Å²) in [7, 11) is 0. The topological polar surface area (TPSA) is 0 Å². The van der Waals surface area contributed by atoms with E-state index in [2.05, 4.69) is 27.7 Å². The Morgan fingerprint density at radius 1 is 0.312 bits per heavy atom. The fourth-order valence-electron chi connectivity index (χ4n) is 5.47. The summed E-state index contributed by atoms with van der Waals surface area (Å²) in [5, 5.41) is -1.72. The maximum atomic E-state index is 4.70. The van der Waals surface area contributed by atoms with E-state index in [1.54, 1.807) is 24.6 Å². The van der Waals surface area contributed by atoms with E-state index in [9.17, 15) is 0 Å². The van der Waals surface area contributed by atoms with Crippen LogP contribution < -0.4 is 0 Å². The van der Waals surface area contributed by atoms with E-state index < -0.39 is 5.31 Å². The Hall–Kier alpha value is 0.910. The van der Waals surface area contributed by atoms with Gasteiger partial charge >= 0.3 is 214 Å². The Morgan fingerprint density at radius 3 is 0.750 bits per heavy atom. The van der Waals surface area contributed by atoms with Crippen molar-refractivity contribution in [2.75, 3.05) is 24.6 Å². The Morgan fingerprint density at radius 2 is 0.500 bits per heavy atom. The summed E-state index contributed by atoms with van der Waals surface area (Å²) in [4.78, 5) is 0. The summed E-state index contributed by atoms with van der Waals surface area (Å²) in [6.07, 6.45) is 38.0. The van der Waals surface area contributed by atoms with Gasteiger partial charge in [0.1, 0.15) is 0 Å². The van der Waals surface area contributed by atoms with Crippen LogP contribution in [0.1, 0.15) is 169 Å². The van der Waals surface area contributed by atoms with Crippen molar-refractivity contribution in [2.45, 2.75) is 169 Å². The molecule has 0 saturated heterocycles. The normalized spacial score (nSPS) is 13.3. The van der Waals surface area contributed by atoms with Crippen LogP contribution in [0.4, 0.5) is 0 Å². The van der Waals surface area contributed by atoms with E-state index in [0.29, 0.717) is 0 Å². The molecular formula is C30H64BrP. The van der Waals surface area contributed by atoms with Crippen molar-refractivity contribution in [3.05, 3.63) is 0 Å². The molecule has 0 fully saturated rings. The predicted octanol–water partition coefficient (Wildman–Crippen LogP) is 12.5. The van der Waals surface area contributed by atoms with E-state index in [-0.39, 0.29) is 0 Å². The molecule has 0 spiro atoms. The van der Waals surface area contributed by atoms with E-state index >= 15 is 0 Å². The molecule has 0 aliphatic rings. The molecule has 0 bridgehead atoms. The second-order valence-electron chi connectivity index (χ2n) is 11.1. The number of hydrogen-bond donors (Lipinski definition) is 0. The SMILES string of the molecule is CCCCCCCCCCCCP(Br)(CCCCCC)(CCCCCC)CCCCCC. The quantitative estimate of drug-likeness (QED) is 0.0763. The van der Waals surface area contributed by atoms with Crippen molar-refractivity contribution in [1.82, 2.24) is 0 Å². The minimum absolute atomic E-state index is 1.36. The molecule has 0 saturated carbocycles. The Bertz CT molecular complexity index is 347. The molecule has 2 heteroatoms. The number of rotatable bonds is 26. The third-order valence-electron chi connectivity index (χ3n) is 7.78. The fraction of sp³-hybridized carbons (Fsp3) is 1.00. The molecule has 0 aromatic rings. The van der Waals surface area contributed by atoms with Crippen molar-refractivity contribution >= 4 is 20.8 Å². The van der Waals surface area contributed by atoms with E-state index in [1.165, 1.54) is 141 Å². The van der Waals surface area contributed by atoms with Crippen LogP contribution in [0.5, 0.6) is 0 Å². The van der Waals surface area contributed by atoms with Gasteiger partial charge in [0.25, 0.3) is 0 Å². The fourth-order valence-corrected chi connectivity index (χ4v) is 13.9. The molecule has 32 heavy (non-hydrogen) atoms. The second-order valence-corrected chi connectivity index (χ2v) is 22.5. The first kappa shape index (κ1) is 32.9. The summed E-state index contributed by atoms with van der Waals surface area (Å²) in [6, 6.07) is 0. The maximum absolute atomic E-state index is 4.70. The number of unbranched alkanes of at least 4 members (excludes halogenated alkanes) is 18. The molecule has 0 N–H and O–H groups in total. The van der Waals surface area contributed by atoms with Crippen LogP contribution >= 0.6 is 20.8 Å². The zero-order valence-electron chi connectivity index (χ0n) is 23.2. The molecule has 0 rings (SSSR count). The molecule has 0 unspecified atom stereocenters. The van der Waals surface area contributed by atoms with E-state index in [4.69, 9.17) is 15.5 Å². The molecule has 0 amide bonds. The van der Waals surface area contributed by atoms with Gasteiger partial charge in [-0.2, -0.15) is 0 Å². The molecule has 0 aliphatic heterocycles. The van der Waals surface area contributed by atoms with Crippen LogP contribution in [0.3, 0.4) is 0 Å². The van der Waals surface area contributed by atoms with Crippen LogP contribution in [-0.4, -0.2) is 24.6 Å². The summed E-state index contributed by atoms with van der Waals surface area (Å²) >= 11 is 4.70. The van der Waals surface area contributed by atoms with Crippen molar-refractivity contribution in [3.8, 4) is 0 Å². The first-order chi connectivity index (χ1) is 15.5. The summed E-state index contributed by atoms with van der Waals surface area (Å²) in [6.45, 7) is 9.38.